The second kappa shape index (κ2) is 7.75. The topological polar surface area (TPSA) is 63.2 Å². The van der Waals surface area contributed by atoms with E-state index in [1.807, 2.05) is 31.2 Å². The average Bonchev–Trinajstić information content (AvgIpc) is 2.94. The van der Waals surface area contributed by atoms with Gasteiger partial charge in [0.05, 0.1) is 11.4 Å². The third-order valence-corrected chi connectivity index (χ3v) is 3.78. The Morgan fingerprint density at radius 3 is 1.96 bits per heavy atom. The molecule has 0 unspecified atom stereocenters. The van der Waals surface area contributed by atoms with Crippen molar-refractivity contribution in [2.24, 2.45) is 5.16 Å². The van der Waals surface area contributed by atoms with Gasteiger partial charge in [-0.05, 0) is 43.7 Å². The molecule has 0 bridgehead atoms. The van der Waals surface area contributed by atoms with E-state index < -0.39 is 0 Å². The van der Waals surface area contributed by atoms with Crippen LogP contribution in [0.2, 0.25) is 0 Å². The predicted octanol–water partition coefficient (Wildman–Crippen LogP) is 4.24. The molecular weight excluding hydrogens is 324 g/mol. The Kier molecular flexibility index (Phi) is 5.71. The van der Waals surface area contributed by atoms with Gasteiger partial charge in [0.2, 0.25) is 0 Å². The van der Waals surface area contributed by atoms with Crippen LogP contribution in [0.3, 0.4) is 0 Å². The summed E-state index contributed by atoms with van der Waals surface area (Å²) in [7, 11) is 1.56. The fourth-order valence-corrected chi connectivity index (χ4v) is 2.77. The lowest BCUT2D eigenvalue weighted by Crippen LogP contribution is -1.99. The summed E-state index contributed by atoms with van der Waals surface area (Å²) in [6.45, 7) is 4.03. The Morgan fingerprint density at radius 1 is 0.958 bits per heavy atom. The van der Waals surface area contributed by atoms with E-state index >= 15 is 0 Å². The second-order valence-corrected chi connectivity index (χ2v) is 5.21. The van der Waals surface area contributed by atoms with Gasteiger partial charge in [0.25, 0.3) is 0 Å². The molecule has 0 aliphatic carbocycles. The zero-order valence-corrected chi connectivity index (χ0v) is 14.6. The van der Waals surface area contributed by atoms with Gasteiger partial charge in [-0.25, -0.2) is 0 Å². The third kappa shape index (κ3) is 3.31. The summed E-state index contributed by atoms with van der Waals surface area (Å²) in [4.78, 5) is 16.7. The van der Waals surface area contributed by atoms with Crippen LogP contribution in [0.4, 0.5) is 0 Å². The second-order valence-electron chi connectivity index (χ2n) is 5.21. The van der Waals surface area contributed by atoms with Gasteiger partial charge in [-0.2, -0.15) is 0 Å². The molecule has 0 aliphatic heterocycles. The third-order valence-electron chi connectivity index (χ3n) is 3.78. The lowest BCUT2D eigenvalue weighted by Gasteiger charge is -2.05. The zero-order chi connectivity index (χ0) is 16.2. The highest BCUT2D eigenvalue weighted by atomic mass is 35.5. The number of hydrogen-bond acceptors (Lipinski definition) is 4. The lowest BCUT2D eigenvalue weighted by atomic mass is 10.0. The first-order valence-electron chi connectivity index (χ1n) is 7.34. The summed E-state index contributed by atoms with van der Waals surface area (Å²) < 4.78 is 0. The van der Waals surface area contributed by atoms with Gasteiger partial charge < -0.3 is 9.82 Å². The van der Waals surface area contributed by atoms with Crippen molar-refractivity contribution in [2.45, 2.75) is 13.8 Å². The molecule has 3 aromatic rings. The smallest absolute Gasteiger partial charge is 0.106 e. The van der Waals surface area contributed by atoms with E-state index in [1.165, 1.54) is 0 Å². The molecule has 3 rings (SSSR count). The van der Waals surface area contributed by atoms with Crippen LogP contribution in [0.25, 0.3) is 22.5 Å². The minimum atomic E-state index is 0. The summed E-state index contributed by atoms with van der Waals surface area (Å²) in [6.07, 6.45) is 7.14. The van der Waals surface area contributed by atoms with Gasteiger partial charge in [-0.3, -0.25) is 9.97 Å². The van der Waals surface area contributed by atoms with Crippen LogP contribution in [0.15, 0.2) is 54.2 Å². The number of pyridine rings is 2. The summed E-state index contributed by atoms with van der Waals surface area (Å²) in [5.41, 5.74) is 7.21. The maximum absolute atomic E-state index is 4.97. The molecule has 5 nitrogen and oxygen atoms in total. The van der Waals surface area contributed by atoms with Gasteiger partial charge in [0, 0.05) is 47.2 Å². The minimum Gasteiger partial charge on any atom is -0.399 e. The molecule has 124 valence electrons. The highest BCUT2D eigenvalue weighted by Crippen LogP contribution is 2.33. The number of halogens is 1. The number of oxime groups is 1. The van der Waals surface area contributed by atoms with Crippen molar-refractivity contribution in [1.82, 2.24) is 15.0 Å². The normalized spacial score (nSPS) is 11.0. The van der Waals surface area contributed by atoms with Crippen molar-refractivity contribution >= 4 is 18.1 Å². The number of rotatable bonds is 4. The molecule has 0 fully saturated rings. The molecule has 24 heavy (non-hydrogen) atoms. The van der Waals surface area contributed by atoms with E-state index in [-0.39, 0.29) is 12.4 Å². The lowest BCUT2D eigenvalue weighted by molar-refractivity contribution is 0.213. The standard InChI is InChI=1S/C18H18N4O.ClH/c1-12-16(13(2)22-23-3)18(15-6-10-20-11-7-15)21-17(12)14-4-8-19-9-5-14;/h4-11,21H,1-3H3;1H. The van der Waals surface area contributed by atoms with Gasteiger partial charge in [0.1, 0.15) is 7.11 Å². The summed E-state index contributed by atoms with van der Waals surface area (Å²) >= 11 is 0. The van der Waals surface area contributed by atoms with Crippen molar-refractivity contribution < 1.29 is 4.84 Å². The van der Waals surface area contributed by atoms with E-state index in [4.69, 9.17) is 4.84 Å². The van der Waals surface area contributed by atoms with Crippen LogP contribution in [-0.2, 0) is 4.84 Å². The van der Waals surface area contributed by atoms with Crippen molar-refractivity contribution in [3.05, 3.63) is 60.2 Å². The van der Waals surface area contributed by atoms with Crippen LogP contribution >= 0.6 is 12.4 Å². The van der Waals surface area contributed by atoms with E-state index in [0.717, 1.165) is 39.4 Å². The molecule has 1 N–H and O–H groups in total. The summed E-state index contributed by atoms with van der Waals surface area (Å²) in [6, 6.07) is 7.93. The summed E-state index contributed by atoms with van der Waals surface area (Å²) in [5.74, 6) is 0. The Labute approximate surface area is 147 Å². The molecule has 0 amide bonds. The molecule has 0 atom stereocenters. The largest absolute Gasteiger partial charge is 0.399 e. The van der Waals surface area contributed by atoms with Gasteiger partial charge in [-0.15, -0.1) is 12.4 Å². The Hall–Kier alpha value is -2.66. The molecule has 0 saturated heterocycles. The number of hydrogen-bond donors (Lipinski definition) is 1. The Morgan fingerprint density at radius 2 is 1.46 bits per heavy atom. The number of aromatic nitrogens is 3. The van der Waals surface area contributed by atoms with Crippen molar-refractivity contribution in [3.63, 3.8) is 0 Å². The first-order valence-corrected chi connectivity index (χ1v) is 7.34. The molecule has 0 saturated carbocycles. The minimum absolute atomic E-state index is 0. The fraction of sp³-hybridized carbons (Fsp3) is 0.167. The monoisotopic (exact) mass is 342 g/mol. The highest BCUT2D eigenvalue weighted by Gasteiger charge is 2.19. The van der Waals surface area contributed by atoms with Gasteiger partial charge >= 0.3 is 0 Å². The zero-order valence-electron chi connectivity index (χ0n) is 13.8. The first kappa shape index (κ1) is 17.7. The maximum Gasteiger partial charge on any atom is 0.106 e. The quantitative estimate of drug-likeness (QED) is 0.569. The number of H-pyrrole nitrogens is 1. The highest BCUT2D eigenvalue weighted by molar-refractivity contribution is 6.06. The molecular formula is C18H19ClN4O. The molecule has 6 heteroatoms. The molecule has 0 radical (unpaired) electrons. The van der Waals surface area contributed by atoms with Crippen LogP contribution < -0.4 is 0 Å². The van der Waals surface area contributed by atoms with E-state index in [1.54, 1.807) is 31.9 Å². The molecule has 0 aromatic carbocycles. The van der Waals surface area contributed by atoms with Crippen LogP contribution in [0, 0.1) is 6.92 Å². The van der Waals surface area contributed by atoms with Gasteiger partial charge in [-0.1, -0.05) is 5.16 Å². The Bertz CT molecular complexity index is 829. The Balaban J connectivity index is 0.00000208. The van der Waals surface area contributed by atoms with E-state index in [2.05, 4.69) is 27.0 Å². The van der Waals surface area contributed by atoms with E-state index in [0.29, 0.717) is 0 Å². The predicted molar refractivity (Wildman–Crippen MR) is 98.5 cm³/mol. The molecule has 0 aliphatic rings. The number of aromatic amines is 1. The average molecular weight is 343 g/mol. The number of nitrogens with one attached hydrogen (secondary N) is 1. The fourth-order valence-electron chi connectivity index (χ4n) is 2.77. The first-order chi connectivity index (χ1) is 11.2. The SMILES string of the molecule is CON=C(C)c1c(-c2ccncc2)[nH]c(-c2ccncc2)c1C.Cl. The van der Waals surface area contributed by atoms with Crippen LogP contribution in [0.5, 0.6) is 0 Å². The molecule has 3 aromatic heterocycles. The van der Waals surface area contributed by atoms with Crippen molar-refractivity contribution in [1.29, 1.82) is 0 Å². The van der Waals surface area contributed by atoms with Crippen LogP contribution in [-0.4, -0.2) is 27.8 Å². The maximum atomic E-state index is 4.97. The van der Waals surface area contributed by atoms with Crippen molar-refractivity contribution in [3.8, 4) is 22.5 Å². The van der Waals surface area contributed by atoms with Crippen LogP contribution in [0.1, 0.15) is 18.1 Å². The molecule has 3 heterocycles. The molecule has 0 spiro atoms. The van der Waals surface area contributed by atoms with Gasteiger partial charge in [0.15, 0.2) is 0 Å². The van der Waals surface area contributed by atoms with Crippen molar-refractivity contribution in [2.75, 3.05) is 7.11 Å². The number of nitrogens with zero attached hydrogens (tertiary/aromatic N) is 3. The van der Waals surface area contributed by atoms with E-state index in [9.17, 15) is 0 Å². The summed E-state index contributed by atoms with van der Waals surface area (Å²) in [5, 5.41) is 4.12.